The van der Waals surface area contributed by atoms with Crippen LogP contribution in [-0.4, -0.2) is 30.7 Å². The summed E-state index contributed by atoms with van der Waals surface area (Å²) in [6, 6.07) is 13.2. The van der Waals surface area contributed by atoms with Gasteiger partial charge >= 0.3 is 0 Å². The van der Waals surface area contributed by atoms with Crippen molar-refractivity contribution in [2.24, 2.45) is 0 Å². The lowest BCUT2D eigenvalue weighted by Gasteiger charge is -2.28. The third kappa shape index (κ3) is 2.92. The van der Waals surface area contributed by atoms with Crippen LogP contribution >= 0.6 is 0 Å². The largest absolute Gasteiger partial charge is 0.382 e. The minimum Gasteiger partial charge on any atom is -0.382 e. The summed E-state index contributed by atoms with van der Waals surface area (Å²) in [5.74, 6) is 1.20. The molecule has 0 saturated carbocycles. The highest BCUT2D eigenvalue weighted by molar-refractivity contribution is 5.64. The predicted octanol–water partition coefficient (Wildman–Crippen LogP) is 2.38. The quantitative estimate of drug-likeness (QED) is 0.549. The molecule has 31 heavy (non-hydrogen) atoms. The van der Waals surface area contributed by atoms with Crippen molar-refractivity contribution < 1.29 is 0 Å². The minimum absolute atomic E-state index is 0.131. The Morgan fingerprint density at radius 3 is 2.77 bits per heavy atom. The minimum atomic E-state index is -0.249. The van der Waals surface area contributed by atoms with Gasteiger partial charge in [-0.15, -0.1) is 0 Å². The topological polar surface area (TPSA) is 118 Å². The summed E-state index contributed by atoms with van der Waals surface area (Å²) in [6.07, 6.45) is 4.79. The molecular formula is C22H20N8O. The van der Waals surface area contributed by atoms with Crippen molar-refractivity contribution in [1.82, 2.24) is 24.1 Å². The van der Waals surface area contributed by atoms with Gasteiger partial charge in [-0.05, 0) is 43.5 Å². The summed E-state index contributed by atoms with van der Waals surface area (Å²) < 4.78 is 3.31. The van der Waals surface area contributed by atoms with E-state index in [9.17, 15) is 10.1 Å². The number of aryl methyl sites for hydroxylation is 1. The number of nitrogens with zero attached hydrogens (tertiary/aromatic N) is 7. The maximum absolute atomic E-state index is 13.6. The van der Waals surface area contributed by atoms with E-state index in [1.807, 2.05) is 48.2 Å². The van der Waals surface area contributed by atoms with E-state index >= 15 is 0 Å². The number of fused-ring (bicyclic) bond motifs is 1. The molecule has 2 N–H and O–H groups in total. The Hall–Kier alpha value is -4.19. The fourth-order valence-corrected chi connectivity index (χ4v) is 4.28. The van der Waals surface area contributed by atoms with Crippen LogP contribution in [0, 0.1) is 18.3 Å². The number of nitrogen functional groups attached to an aromatic ring is 1. The number of hydrogen-bond donors (Lipinski definition) is 1. The number of hydrogen-bond acceptors (Lipinski definition) is 7. The predicted molar refractivity (Wildman–Crippen MR) is 116 cm³/mol. The van der Waals surface area contributed by atoms with E-state index in [1.165, 1.54) is 6.33 Å². The number of para-hydroxylation sites is 1. The fourth-order valence-electron chi connectivity index (χ4n) is 4.28. The zero-order valence-corrected chi connectivity index (χ0v) is 16.9. The van der Waals surface area contributed by atoms with Crippen molar-refractivity contribution in [1.29, 1.82) is 5.26 Å². The number of anilines is 2. The monoisotopic (exact) mass is 412 g/mol. The van der Waals surface area contributed by atoms with Crippen LogP contribution in [0.5, 0.6) is 0 Å². The van der Waals surface area contributed by atoms with Crippen molar-refractivity contribution in [3.8, 4) is 11.8 Å². The summed E-state index contributed by atoms with van der Waals surface area (Å²) in [4.78, 5) is 23.9. The smallest absolute Gasteiger partial charge is 0.282 e. The third-order valence-electron chi connectivity index (χ3n) is 5.72. The molecule has 1 aliphatic rings. The van der Waals surface area contributed by atoms with Crippen molar-refractivity contribution in [3.63, 3.8) is 0 Å². The van der Waals surface area contributed by atoms with Crippen LogP contribution in [0.25, 0.3) is 11.2 Å². The number of rotatable bonds is 3. The highest BCUT2D eigenvalue weighted by atomic mass is 16.1. The second-order valence-electron chi connectivity index (χ2n) is 7.55. The molecule has 0 aliphatic carbocycles. The molecule has 1 unspecified atom stereocenters. The van der Waals surface area contributed by atoms with Crippen molar-refractivity contribution in [2.75, 3.05) is 17.2 Å². The molecule has 154 valence electrons. The second-order valence-corrected chi connectivity index (χ2v) is 7.55. The molecule has 1 aromatic carbocycles. The number of aromatic nitrogens is 5. The van der Waals surface area contributed by atoms with E-state index in [0.717, 1.165) is 24.1 Å². The zero-order valence-electron chi connectivity index (χ0n) is 16.9. The molecule has 4 aromatic rings. The zero-order chi connectivity index (χ0) is 21.5. The van der Waals surface area contributed by atoms with Gasteiger partial charge in [0, 0.05) is 12.7 Å². The SMILES string of the molecule is Cc1ccn2nc(C3CCCN3c3ncnc(N)c3C#N)n(-c3ccccc3)c(=O)c12. The van der Waals surface area contributed by atoms with E-state index in [0.29, 0.717) is 23.7 Å². The van der Waals surface area contributed by atoms with Crippen LogP contribution in [0.3, 0.4) is 0 Å². The molecule has 1 atom stereocenters. The van der Waals surface area contributed by atoms with Crippen LogP contribution in [0.15, 0.2) is 53.7 Å². The standard InChI is InChI=1S/C22H20N8O/c1-14-9-11-29-18(14)22(31)30(15-6-3-2-4-7-15)21(27-29)17-8-5-10-28(17)20-16(12-23)19(24)25-13-26-20/h2-4,6-7,9,11,13,17H,5,8,10H2,1H3,(H2,24,25,26). The maximum atomic E-state index is 13.6. The van der Waals surface area contributed by atoms with Crippen LogP contribution in [-0.2, 0) is 0 Å². The van der Waals surface area contributed by atoms with E-state index in [4.69, 9.17) is 10.8 Å². The summed E-state index contributed by atoms with van der Waals surface area (Å²) in [6.45, 7) is 2.57. The third-order valence-corrected chi connectivity index (χ3v) is 5.72. The molecule has 0 amide bonds. The van der Waals surface area contributed by atoms with Gasteiger partial charge in [0.1, 0.15) is 29.3 Å². The van der Waals surface area contributed by atoms with Gasteiger partial charge in [-0.3, -0.25) is 9.36 Å². The van der Waals surface area contributed by atoms with Crippen LogP contribution in [0.1, 0.15) is 35.8 Å². The molecule has 1 fully saturated rings. The second kappa shape index (κ2) is 7.25. The van der Waals surface area contributed by atoms with E-state index < -0.39 is 0 Å². The molecule has 1 aliphatic heterocycles. The molecule has 4 heterocycles. The molecule has 1 saturated heterocycles. The first-order valence-electron chi connectivity index (χ1n) is 10.0. The molecule has 9 heteroatoms. The first-order valence-corrected chi connectivity index (χ1v) is 10.0. The lowest BCUT2D eigenvalue weighted by atomic mass is 10.1. The van der Waals surface area contributed by atoms with Gasteiger partial charge in [-0.25, -0.2) is 14.5 Å². The van der Waals surface area contributed by atoms with Crippen LogP contribution in [0.4, 0.5) is 11.6 Å². The van der Waals surface area contributed by atoms with Gasteiger partial charge in [0.2, 0.25) is 0 Å². The number of benzene rings is 1. The van der Waals surface area contributed by atoms with Crippen LogP contribution in [0.2, 0.25) is 0 Å². The summed E-state index contributed by atoms with van der Waals surface area (Å²) in [7, 11) is 0. The first-order chi connectivity index (χ1) is 15.1. The number of nitrogens with two attached hydrogens (primary N) is 1. The van der Waals surface area contributed by atoms with Crippen molar-refractivity contribution in [3.05, 3.63) is 76.2 Å². The van der Waals surface area contributed by atoms with Gasteiger partial charge in [-0.2, -0.15) is 10.4 Å². The Bertz CT molecular complexity index is 1380. The van der Waals surface area contributed by atoms with Crippen molar-refractivity contribution >= 4 is 17.2 Å². The average molecular weight is 412 g/mol. The lowest BCUT2D eigenvalue weighted by molar-refractivity contribution is 0.600. The van der Waals surface area contributed by atoms with Gasteiger partial charge < -0.3 is 10.6 Å². The van der Waals surface area contributed by atoms with Gasteiger partial charge in [0.05, 0.1) is 11.7 Å². The van der Waals surface area contributed by atoms with Crippen molar-refractivity contribution in [2.45, 2.75) is 25.8 Å². The average Bonchev–Trinajstić information content (AvgIpc) is 3.41. The molecule has 3 aromatic heterocycles. The van der Waals surface area contributed by atoms with E-state index in [-0.39, 0.29) is 23.0 Å². The summed E-state index contributed by atoms with van der Waals surface area (Å²) >= 11 is 0. The maximum Gasteiger partial charge on any atom is 0.282 e. The molecule has 9 nitrogen and oxygen atoms in total. The lowest BCUT2D eigenvalue weighted by Crippen LogP contribution is -2.33. The molecule has 0 spiro atoms. The Balaban J connectivity index is 1.76. The summed E-state index contributed by atoms with van der Waals surface area (Å²) in [5.41, 5.74) is 8.19. The highest BCUT2D eigenvalue weighted by Gasteiger charge is 2.34. The fraction of sp³-hybridized carbons (Fsp3) is 0.227. The molecule has 5 rings (SSSR count). The van der Waals surface area contributed by atoms with Gasteiger partial charge in [0.25, 0.3) is 5.56 Å². The Kier molecular flexibility index (Phi) is 4.40. The van der Waals surface area contributed by atoms with Gasteiger partial charge in [-0.1, -0.05) is 18.2 Å². The summed E-state index contributed by atoms with van der Waals surface area (Å²) in [5, 5.41) is 14.5. The Labute approximate surface area is 178 Å². The van der Waals surface area contributed by atoms with E-state index in [1.54, 1.807) is 15.3 Å². The number of nitriles is 1. The molecule has 0 bridgehead atoms. The van der Waals surface area contributed by atoms with Gasteiger partial charge in [0.15, 0.2) is 11.6 Å². The normalized spacial score (nSPS) is 16.0. The Morgan fingerprint density at radius 1 is 1.19 bits per heavy atom. The molecule has 0 radical (unpaired) electrons. The van der Waals surface area contributed by atoms with Crippen LogP contribution < -0.4 is 16.2 Å². The van der Waals surface area contributed by atoms with E-state index in [2.05, 4.69) is 16.0 Å². The Morgan fingerprint density at radius 2 is 2.00 bits per heavy atom. The first kappa shape index (κ1) is 18.8. The highest BCUT2D eigenvalue weighted by Crippen LogP contribution is 2.37. The molecular weight excluding hydrogens is 392 g/mol.